The molecule has 0 radical (unpaired) electrons. The number of rotatable bonds is 4. The molecule has 29 heavy (non-hydrogen) atoms. The number of fused-ring (bicyclic) bond motifs is 1. The molecule has 0 aliphatic carbocycles. The van der Waals surface area contributed by atoms with Gasteiger partial charge in [0.25, 0.3) is 5.56 Å². The van der Waals surface area contributed by atoms with Crippen molar-refractivity contribution in [3.8, 4) is 16.9 Å². The molecule has 148 valence electrons. The van der Waals surface area contributed by atoms with E-state index < -0.39 is 11.2 Å². The minimum atomic E-state index is -0.448. The smallest absolute Gasteiger partial charge is 0.333 e. The van der Waals surface area contributed by atoms with Gasteiger partial charge in [0.1, 0.15) is 11.1 Å². The van der Waals surface area contributed by atoms with Crippen LogP contribution in [-0.4, -0.2) is 16.2 Å². The summed E-state index contributed by atoms with van der Waals surface area (Å²) in [6.07, 6.45) is 0. The minimum Gasteiger partial charge on any atom is -0.497 e. The zero-order valence-electron chi connectivity index (χ0n) is 16.6. The molecule has 1 N–H and O–H groups in total. The van der Waals surface area contributed by atoms with Gasteiger partial charge in [-0.05, 0) is 36.2 Å². The van der Waals surface area contributed by atoms with Gasteiger partial charge in [-0.15, -0.1) is 0 Å². The highest BCUT2D eigenvalue weighted by Gasteiger charge is 2.23. The lowest BCUT2D eigenvalue weighted by Crippen LogP contribution is -2.36. The molecule has 0 saturated heterocycles. The van der Waals surface area contributed by atoms with Gasteiger partial charge in [0.15, 0.2) is 0 Å². The number of furan rings is 1. The molecule has 7 heteroatoms. The second-order valence-corrected chi connectivity index (χ2v) is 6.86. The number of nitrogens with zero attached hydrogens (tertiary/aromatic N) is 2. The van der Waals surface area contributed by atoms with Crippen LogP contribution < -0.4 is 21.3 Å². The Bertz CT molecular complexity index is 1340. The Morgan fingerprint density at radius 3 is 2.48 bits per heavy atom. The predicted octanol–water partition coefficient (Wildman–Crippen LogP) is 3.56. The first-order valence-electron chi connectivity index (χ1n) is 9.12. The first-order valence-corrected chi connectivity index (χ1v) is 9.12. The van der Waals surface area contributed by atoms with E-state index in [1.165, 1.54) is 11.6 Å². The molecule has 2 aromatic heterocycles. The summed E-state index contributed by atoms with van der Waals surface area (Å²) in [6.45, 7) is 1.98. The molecule has 0 aliphatic heterocycles. The SMILES string of the molecule is COc1cccc(-c2c(Nc3ccccc3C)oc3c2c(=O)n(C)c(=O)n3C)c1. The largest absolute Gasteiger partial charge is 0.497 e. The zero-order valence-corrected chi connectivity index (χ0v) is 16.6. The number of hydrogen-bond acceptors (Lipinski definition) is 5. The van der Waals surface area contributed by atoms with Crippen LogP contribution in [0.4, 0.5) is 11.6 Å². The highest BCUT2D eigenvalue weighted by molar-refractivity contribution is 5.99. The van der Waals surface area contributed by atoms with E-state index in [0.717, 1.165) is 21.4 Å². The first-order chi connectivity index (χ1) is 13.9. The molecule has 0 aliphatic rings. The summed E-state index contributed by atoms with van der Waals surface area (Å²) in [5.74, 6) is 1.04. The lowest BCUT2D eigenvalue weighted by atomic mass is 10.0. The number of aromatic nitrogens is 2. The summed E-state index contributed by atoms with van der Waals surface area (Å²) in [6, 6.07) is 15.1. The van der Waals surface area contributed by atoms with Crippen LogP contribution in [0.1, 0.15) is 5.56 Å². The average molecular weight is 391 g/mol. The van der Waals surface area contributed by atoms with E-state index in [9.17, 15) is 9.59 Å². The molecule has 4 aromatic rings. The molecular formula is C22H21N3O4. The average Bonchev–Trinajstić information content (AvgIpc) is 3.11. The molecule has 0 bridgehead atoms. The van der Waals surface area contributed by atoms with Crippen molar-refractivity contribution in [1.29, 1.82) is 0 Å². The van der Waals surface area contributed by atoms with Crippen LogP contribution in [-0.2, 0) is 14.1 Å². The Labute approximate surface area is 166 Å². The van der Waals surface area contributed by atoms with E-state index >= 15 is 0 Å². The van der Waals surface area contributed by atoms with E-state index in [2.05, 4.69) is 5.32 Å². The molecule has 0 unspecified atom stereocenters. The van der Waals surface area contributed by atoms with Gasteiger partial charge in [0, 0.05) is 19.8 Å². The maximum Gasteiger partial charge on any atom is 0.333 e. The lowest BCUT2D eigenvalue weighted by molar-refractivity contribution is 0.415. The van der Waals surface area contributed by atoms with E-state index in [1.54, 1.807) is 14.2 Å². The number of aryl methyl sites for hydroxylation is 2. The van der Waals surface area contributed by atoms with Crippen LogP contribution in [0.2, 0.25) is 0 Å². The van der Waals surface area contributed by atoms with Crippen LogP contribution in [0.15, 0.2) is 62.5 Å². The third-order valence-electron chi connectivity index (χ3n) is 5.04. The second kappa shape index (κ2) is 7.01. The van der Waals surface area contributed by atoms with E-state index in [0.29, 0.717) is 22.6 Å². The van der Waals surface area contributed by atoms with Gasteiger partial charge in [-0.2, -0.15) is 0 Å². The Balaban J connectivity index is 2.08. The molecule has 0 fully saturated rings. The highest BCUT2D eigenvalue weighted by Crippen LogP contribution is 2.39. The number of benzene rings is 2. The number of anilines is 2. The summed E-state index contributed by atoms with van der Waals surface area (Å²) in [5.41, 5.74) is 2.54. The maximum atomic E-state index is 13.0. The Morgan fingerprint density at radius 2 is 1.76 bits per heavy atom. The topological polar surface area (TPSA) is 78.4 Å². The van der Waals surface area contributed by atoms with Gasteiger partial charge in [-0.3, -0.25) is 13.9 Å². The Morgan fingerprint density at radius 1 is 1.00 bits per heavy atom. The maximum absolute atomic E-state index is 13.0. The third-order valence-corrected chi connectivity index (χ3v) is 5.04. The Hall–Kier alpha value is -3.74. The zero-order chi connectivity index (χ0) is 20.7. The molecule has 4 rings (SSSR count). The molecular weight excluding hydrogens is 370 g/mol. The second-order valence-electron chi connectivity index (χ2n) is 6.86. The van der Waals surface area contributed by atoms with Gasteiger partial charge >= 0.3 is 5.69 Å². The van der Waals surface area contributed by atoms with Crippen molar-refractivity contribution in [2.75, 3.05) is 12.4 Å². The van der Waals surface area contributed by atoms with Gasteiger partial charge in [0.05, 0.1) is 12.7 Å². The van der Waals surface area contributed by atoms with Crippen LogP contribution in [0.3, 0.4) is 0 Å². The van der Waals surface area contributed by atoms with Gasteiger partial charge in [-0.1, -0.05) is 30.3 Å². The van der Waals surface area contributed by atoms with Gasteiger partial charge in [0.2, 0.25) is 11.6 Å². The number of methoxy groups -OCH3 is 1. The Kier molecular flexibility index (Phi) is 4.50. The number of hydrogen-bond donors (Lipinski definition) is 1. The van der Waals surface area contributed by atoms with Crippen LogP contribution in [0.25, 0.3) is 22.2 Å². The number of para-hydroxylation sites is 1. The van der Waals surface area contributed by atoms with Crippen LogP contribution in [0.5, 0.6) is 5.75 Å². The predicted molar refractivity (Wildman–Crippen MR) is 113 cm³/mol. The monoisotopic (exact) mass is 391 g/mol. The summed E-state index contributed by atoms with van der Waals surface area (Å²) in [4.78, 5) is 25.4. The molecule has 7 nitrogen and oxygen atoms in total. The van der Waals surface area contributed by atoms with Crippen molar-refractivity contribution >= 4 is 22.7 Å². The summed E-state index contributed by atoms with van der Waals surface area (Å²) < 4.78 is 13.8. The molecule has 0 atom stereocenters. The van der Waals surface area contributed by atoms with Crippen molar-refractivity contribution in [2.45, 2.75) is 6.92 Å². The minimum absolute atomic E-state index is 0.215. The molecule has 0 amide bonds. The third kappa shape index (κ3) is 3.00. The van der Waals surface area contributed by atoms with Crippen molar-refractivity contribution in [3.05, 3.63) is 74.9 Å². The van der Waals surface area contributed by atoms with Crippen molar-refractivity contribution in [2.24, 2.45) is 14.1 Å². The van der Waals surface area contributed by atoms with E-state index in [1.807, 2.05) is 55.5 Å². The molecule has 2 aromatic carbocycles. The van der Waals surface area contributed by atoms with E-state index in [-0.39, 0.29) is 5.71 Å². The fourth-order valence-electron chi connectivity index (χ4n) is 3.40. The molecule has 0 saturated carbocycles. The summed E-state index contributed by atoms with van der Waals surface area (Å²) in [7, 11) is 4.63. The van der Waals surface area contributed by atoms with Gasteiger partial charge in [-0.25, -0.2) is 4.79 Å². The summed E-state index contributed by atoms with van der Waals surface area (Å²) >= 11 is 0. The molecule has 0 spiro atoms. The normalized spacial score (nSPS) is 11.0. The van der Waals surface area contributed by atoms with Crippen molar-refractivity contribution in [3.63, 3.8) is 0 Å². The molecule has 2 heterocycles. The summed E-state index contributed by atoms with van der Waals surface area (Å²) in [5, 5.41) is 3.62. The standard InChI is InChI=1S/C22H21N3O4/c1-13-8-5-6-11-16(13)23-19-17(14-9-7-10-15(12-14)28-4)18-20(26)24(2)22(27)25(3)21(18)29-19/h5-12,23H,1-4H3. The van der Waals surface area contributed by atoms with Crippen molar-refractivity contribution in [1.82, 2.24) is 9.13 Å². The lowest BCUT2D eigenvalue weighted by Gasteiger charge is -2.09. The first kappa shape index (κ1) is 18.6. The fourth-order valence-corrected chi connectivity index (χ4v) is 3.40. The van der Waals surface area contributed by atoms with Crippen molar-refractivity contribution < 1.29 is 9.15 Å². The quantitative estimate of drug-likeness (QED) is 0.576. The van der Waals surface area contributed by atoms with E-state index in [4.69, 9.17) is 9.15 Å². The van der Waals surface area contributed by atoms with Crippen LogP contribution >= 0.6 is 0 Å². The number of nitrogens with one attached hydrogen (secondary N) is 1. The van der Waals surface area contributed by atoms with Gasteiger partial charge < -0.3 is 14.5 Å². The number of ether oxygens (including phenoxy) is 1. The van der Waals surface area contributed by atoms with Crippen LogP contribution in [0, 0.1) is 6.92 Å². The highest BCUT2D eigenvalue weighted by atomic mass is 16.5. The fraction of sp³-hybridized carbons (Fsp3) is 0.182.